The number of nitrogens with zero attached hydrogens (tertiary/aromatic N) is 2. The van der Waals surface area contributed by atoms with Crippen LogP contribution in [0.4, 0.5) is 0 Å². The normalized spacial score (nSPS) is 17.6. The molecule has 1 unspecified atom stereocenters. The highest BCUT2D eigenvalue weighted by Crippen LogP contribution is 2.34. The zero-order valence-corrected chi connectivity index (χ0v) is 20.7. The van der Waals surface area contributed by atoms with Crippen molar-refractivity contribution in [1.29, 1.82) is 0 Å². The molecule has 0 aliphatic carbocycles. The Morgan fingerprint density at radius 1 is 1.19 bits per heavy atom. The Kier molecular flexibility index (Phi) is 7.83. The van der Waals surface area contributed by atoms with Crippen molar-refractivity contribution in [3.63, 3.8) is 0 Å². The van der Waals surface area contributed by atoms with Gasteiger partial charge in [-0.15, -0.1) is 0 Å². The van der Waals surface area contributed by atoms with Crippen LogP contribution in [-0.4, -0.2) is 43.8 Å². The van der Waals surface area contributed by atoms with E-state index in [9.17, 15) is 13.2 Å². The van der Waals surface area contributed by atoms with Crippen molar-refractivity contribution in [2.45, 2.75) is 45.9 Å². The second-order valence-electron chi connectivity index (χ2n) is 9.25. The van der Waals surface area contributed by atoms with Crippen molar-refractivity contribution in [1.82, 2.24) is 9.47 Å². The Morgan fingerprint density at radius 2 is 1.94 bits per heavy atom. The molecule has 3 rings (SSSR count). The maximum absolute atomic E-state index is 12.3. The lowest BCUT2D eigenvalue weighted by atomic mass is 9.87. The summed E-state index contributed by atoms with van der Waals surface area (Å²) in [5.74, 6) is 1.96. The molecule has 7 heteroatoms. The molecule has 0 N–H and O–H groups in total. The van der Waals surface area contributed by atoms with Gasteiger partial charge in [0.25, 0.3) is 5.56 Å². The number of hydrogen-bond acceptors (Lipinski definition) is 5. The Morgan fingerprint density at radius 3 is 2.59 bits per heavy atom. The molecule has 0 saturated carbocycles. The molecule has 1 aliphatic rings. The Bertz CT molecular complexity index is 1110. The minimum absolute atomic E-state index is 0.00397. The van der Waals surface area contributed by atoms with E-state index >= 15 is 0 Å². The number of aryl methyl sites for hydroxylation is 1. The van der Waals surface area contributed by atoms with Gasteiger partial charge in [-0.05, 0) is 54.0 Å². The minimum Gasteiger partial charge on any atom is -0.496 e. The third-order valence-corrected chi connectivity index (χ3v) is 8.23. The summed E-state index contributed by atoms with van der Waals surface area (Å²) in [4.78, 5) is 14.7. The average molecular weight is 461 g/mol. The van der Waals surface area contributed by atoms with E-state index in [1.165, 1.54) is 23.5 Å². The summed E-state index contributed by atoms with van der Waals surface area (Å²) in [6, 6.07) is 7.41. The van der Waals surface area contributed by atoms with Crippen molar-refractivity contribution < 1.29 is 13.2 Å². The van der Waals surface area contributed by atoms with Gasteiger partial charge in [0.05, 0.1) is 12.9 Å². The van der Waals surface area contributed by atoms with E-state index in [2.05, 4.69) is 18.7 Å². The highest BCUT2D eigenvalue weighted by Gasteiger charge is 2.24. The zero-order valence-electron chi connectivity index (χ0n) is 19.9. The summed E-state index contributed by atoms with van der Waals surface area (Å²) >= 11 is 0. The van der Waals surface area contributed by atoms with E-state index in [1.807, 2.05) is 18.2 Å². The quantitative estimate of drug-likeness (QED) is 0.598. The molecular formula is C25H36N2O4S. The van der Waals surface area contributed by atoms with Gasteiger partial charge in [-0.2, -0.15) is 0 Å². The van der Waals surface area contributed by atoms with Gasteiger partial charge in [-0.1, -0.05) is 32.9 Å². The number of benzene rings is 1. The smallest absolute Gasteiger partial charge is 0.254 e. The van der Waals surface area contributed by atoms with Gasteiger partial charge in [0.15, 0.2) is 9.84 Å². The number of piperidine rings is 1. The summed E-state index contributed by atoms with van der Waals surface area (Å²) in [5, 5.41) is 0. The molecule has 1 aromatic carbocycles. The van der Waals surface area contributed by atoms with Crippen LogP contribution in [0.3, 0.4) is 0 Å². The molecule has 0 spiro atoms. The van der Waals surface area contributed by atoms with Crippen LogP contribution in [0.5, 0.6) is 5.75 Å². The Labute approximate surface area is 192 Å². The highest BCUT2D eigenvalue weighted by atomic mass is 32.2. The van der Waals surface area contributed by atoms with Crippen molar-refractivity contribution in [2.24, 2.45) is 18.9 Å². The van der Waals surface area contributed by atoms with Crippen molar-refractivity contribution in [2.75, 3.05) is 26.0 Å². The third kappa shape index (κ3) is 5.81. The molecule has 32 heavy (non-hydrogen) atoms. The fourth-order valence-corrected chi connectivity index (χ4v) is 5.35. The first-order valence-electron chi connectivity index (χ1n) is 11.4. The molecule has 2 heterocycles. The molecule has 176 valence electrons. The molecule has 2 aromatic rings. The van der Waals surface area contributed by atoms with Gasteiger partial charge in [-0.25, -0.2) is 8.42 Å². The van der Waals surface area contributed by atoms with Crippen LogP contribution in [0.1, 0.15) is 44.7 Å². The third-order valence-electron chi connectivity index (χ3n) is 6.58. The topological polar surface area (TPSA) is 68.6 Å². The zero-order chi connectivity index (χ0) is 23.5. The first-order chi connectivity index (χ1) is 15.1. The van der Waals surface area contributed by atoms with Crippen LogP contribution in [0.2, 0.25) is 0 Å². The van der Waals surface area contributed by atoms with Crippen molar-refractivity contribution in [3.8, 4) is 16.9 Å². The monoisotopic (exact) mass is 460 g/mol. The maximum Gasteiger partial charge on any atom is 0.254 e. The van der Waals surface area contributed by atoms with Crippen LogP contribution in [0.25, 0.3) is 11.1 Å². The summed E-state index contributed by atoms with van der Waals surface area (Å²) in [6.07, 6.45) is 4.24. The molecule has 1 fully saturated rings. The van der Waals surface area contributed by atoms with E-state index in [0.29, 0.717) is 17.6 Å². The summed E-state index contributed by atoms with van der Waals surface area (Å²) < 4.78 is 31.6. The van der Waals surface area contributed by atoms with Gasteiger partial charge in [-0.3, -0.25) is 9.69 Å². The second kappa shape index (κ2) is 10.2. The summed E-state index contributed by atoms with van der Waals surface area (Å²) in [6.45, 7) is 9.15. The summed E-state index contributed by atoms with van der Waals surface area (Å²) in [5.41, 5.74) is 3.45. The number of sulfone groups is 1. The molecule has 0 radical (unpaired) electrons. The van der Waals surface area contributed by atoms with E-state index in [4.69, 9.17) is 4.74 Å². The Balaban J connectivity index is 2.05. The van der Waals surface area contributed by atoms with Crippen LogP contribution in [0.15, 0.2) is 35.3 Å². The first-order valence-corrected chi connectivity index (χ1v) is 13.2. The summed E-state index contributed by atoms with van der Waals surface area (Å²) in [7, 11) is 0.117. The lowest BCUT2D eigenvalue weighted by Crippen LogP contribution is -2.37. The number of pyridine rings is 1. The number of aromatic nitrogens is 1. The molecular weight excluding hydrogens is 424 g/mol. The predicted molar refractivity (Wildman–Crippen MR) is 130 cm³/mol. The standard InChI is InChI=1S/C25H36N2O4S/c1-6-32(29,30)17-19-9-10-21(15-27-11-7-8-20(14-27)18(2)3)22(12-19)23-16-26(4)25(28)13-24(23)31-5/h9-10,12-13,16,18,20H,6-8,11,14-15,17H2,1-5H3. The van der Waals surface area contributed by atoms with Gasteiger partial charge in [0.1, 0.15) is 5.75 Å². The molecule has 1 aliphatic heterocycles. The lowest BCUT2D eigenvalue weighted by Gasteiger charge is -2.35. The van der Waals surface area contributed by atoms with Gasteiger partial charge >= 0.3 is 0 Å². The number of likely N-dealkylation sites (tertiary alicyclic amines) is 1. The van der Waals surface area contributed by atoms with Crippen molar-refractivity contribution >= 4 is 9.84 Å². The van der Waals surface area contributed by atoms with Gasteiger partial charge in [0.2, 0.25) is 0 Å². The molecule has 1 atom stereocenters. The minimum atomic E-state index is -3.16. The number of rotatable bonds is 8. The number of ether oxygens (including phenoxy) is 1. The second-order valence-corrected chi connectivity index (χ2v) is 11.6. The van der Waals surface area contributed by atoms with E-state index in [0.717, 1.165) is 41.9 Å². The van der Waals surface area contributed by atoms with Crippen LogP contribution in [0, 0.1) is 11.8 Å². The lowest BCUT2D eigenvalue weighted by molar-refractivity contribution is 0.139. The van der Waals surface area contributed by atoms with Gasteiger partial charge in [0, 0.05) is 43.7 Å². The van der Waals surface area contributed by atoms with Crippen LogP contribution in [-0.2, 0) is 29.2 Å². The fourth-order valence-electron chi connectivity index (χ4n) is 4.46. The fraction of sp³-hybridized carbons (Fsp3) is 0.560. The van der Waals surface area contributed by atoms with Gasteiger partial charge < -0.3 is 9.30 Å². The molecule has 6 nitrogen and oxygen atoms in total. The first kappa shape index (κ1) is 24.5. The molecule has 1 saturated heterocycles. The van der Waals surface area contributed by atoms with E-state index in [1.54, 1.807) is 27.3 Å². The number of methoxy groups -OCH3 is 1. The SMILES string of the molecule is CCS(=O)(=O)Cc1ccc(CN2CCCC(C(C)C)C2)c(-c2cn(C)c(=O)cc2OC)c1. The highest BCUT2D eigenvalue weighted by molar-refractivity contribution is 7.90. The molecule has 0 amide bonds. The van der Waals surface area contributed by atoms with Crippen molar-refractivity contribution in [3.05, 3.63) is 51.9 Å². The Hall–Kier alpha value is -2.12. The largest absolute Gasteiger partial charge is 0.496 e. The predicted octanol–water partition coefficient (Wildman–Crippen LogP) is 3.86. The number of hydrogen-bond donors (Lipinski definition) is 0. The maximum atomic E-state index is 12.3. The van der Waals surface area contributed by atoms with E-state index < -0.39 is 9.84 Å². The van der Waals surface area contributed by atoms with Crippen LogP contribution < -0.4 is 10.3 Å². The average Bonchev–Trinajstić information content (AvgIpc) is 2.76. The molecule has 0 bridgehead atoms. The van der Waals surface area contributed by atoms with Crippen LogP contribution >= 0.6 is 0 Å². The van der Waals surface area contributed by atoms with E-state index in [-0.39, 0.29) is 17.1 Å². The molecule has 1 aromatic heterocycles.